The van der Waals surface area contributed by atoms with Crippen molar-refractivity contribution >= 4 is 11.3 Å². The molecule has 1 saturated carbocycles. The third kappa shape index (κ3) is 3.83. The second kappa shape index (κ2) is 6.72. The molecule has 1 aromatic rings. The predicted octanol–water partition coefficient (Wildman–Crippen LogP) is 4.51. The molecule has 3 unspecified atom stereocenters. The van der Waals surface area contributed by atoms with Crippen molar-refractivity contribution in [2.75, 3.05) is 13.1 Å². The van der Waals surface area contributed by atoms with Crippen LogP contribution in [0.4, 0.5) is 0 Å². The predicted molar refractivity (Wildman–Crippen MR) is 81.3 cm³/mol. The molecule has 0 radical (unpaired) electrons. The van der Waals surface area contributed by atoms with Crippen LogP contribution in [-0.2, 0) is 0 Å². The summed E-state index contributed by atoms with van der Waals surface area (Å²) in [5.41, 5.74) is 1.59. The van der Waals surface area contributed by atoms with Crippen LogP contribution in [0.2, 0.25) is 0 Å². The Labute approximate surface area is 116 Å². The average molecular weight is 265 g/mol. The van der Waals surface area contributed by atoms with Gasteiger partial charge in [0.1, 0.15) is 0 Å². The van der Waals surface area contributed by atoms with Crippen molar-refractivity contribution < 1.29 is 0 Å². The van der Waals surface area contributed by atoms with Crippen LogP contribution in [0.3, 0.4) is 0 Å². The van der Waals surface area contributed by atoms with Gasteiger partial charge in [0, 0.05) is 0 Å². The molecule has 3 atom stereocenters. The maximum absolute atomic E-state index is 3.66. The SMILES string of the molecule is CC(C)CNCC1CCC(C)CC1c1ccsc1. The molecule has 18 heavy (non-hydrogen) atoms. The summed E-state index contributed by atoms with van der Waals surface area (Å²) in [5, 5.41) is 8.25. The summed E-state index contributed by atoms with van der Waals surface area (Å²) in [6, 6.07) is 2.34. The first kappa shape index (κ1) is 14.1. The minimum atomic E-state index is 0.757. The van der Waals surface area contributed by atoms with Gasteiger partial charge in [-0.1, -0.05) is 27.2 Å². The van der Waals surface area contributed by atoms with Crippen LogP contribution in [0.5, 0.6) is 0 Å². The maximum atomic E-state index is 3.66. The fraction of sp³-hybridized carbons (Fsp3) is 0.750. The summed E-state index contributed by atoms with van der Waals surface area (Å²) in [6.45, 7) is 9.34. The molecule has 1 aliphatic rings. The Morgan fingerprint density at radius 1 is 1.39 bits per heavy atom. The molecular weight excluding hydrogens is 238 g/mol. The average Bonchev–Trinajstić information content (AvgIpc) is 2.84. The summed E-state index contributed by atoms with van der Waals surface area (Å²) in [6.07, 6.45) is 4.19. The molecule has 1 nitrogen and oxygen atoms in total. The Morgan fingerprint density at radius 3 is 2.89 bits per heavy atom. The standard InChI is InChI=1S/C16H27NS/c1-12(2)9-17-10-14-5-4-13(3)8-16(14)15-6-7-18-11-15/h6-7,11-14,16-17H,4-5,8-10H2,1-3H3. The van der Waals surface area contributed by atoms with E-state index >= 15 is 0 Å². The molecule has 0 saturated heterocycles. The molecule has 1 aliphatic carbocycles. The highest BCUT2D eigenvalue weighted by atomic mass is 32.1. The van der Waals surface area contributed by atoms with E-state index in [1.807, 2.05) is 11.3 Å². The lowest BCUT2D eigenvalue weighted by atomic mass is 9.72. The Bertz CT molecular complexity index is 331. The Morgan fingerprint density at radius 2 is 2.22 bits per heavy atom. The molecule has 0 spiro atoms. The van der Waals surface area contributed by atoms with Crippen LogP contribution < -0.4 is 5.32 Å². The molecule has 1 aromatic heterocycles. The number of nitrogens with one attached hydrogen (secondary N) is 1. The van der Waals surface area contributed by atoms with Gasteiger partial charge < -0.3 is 5.32 Å². The molecule has 0 bridgehead atoms. The van der Waals surface area contributed by atoms with E-state index in [2.05, 4.69) is 42.9 Å². The fourth-order valence-electron chi connectivity index (χ4n) is 3.14. The van der Waals surface area contributed by atoms with Crippen molar-refractivity contribution in [1.82, 2.24) is 5.32 Å². The van der Waals surface area contributed by atoms with Gasteiger partial charge in [-0.2, -0.15) is 11.3 Å². The van der Waals surface area contributed by atoms with Crippen molar-refractivity contribution in [3.05, 3.63) is 22.4 Å². The molecule has 102 valence electrons. The molecule has 2 heteroatoms. The third-order valence-electron chi connectivity index (χ3n) is 4.19. The van der Waals surface area contributed by atoms with Crippen molar-refractivity contribution in [3.63, 3.8) is 0 Å². The number of thiophene rings is 1. The van der Waals surface area contributed by atoms with Gasteiger partial charge in [0.2, 0.25) is 0 Å². The lowest BCUT2D eigenvalue weighted by Gasteiger charge is -2.35. The second-order valence-electron chi connectivity index (χ2n) is 6.39. The number of hydrogen-bond acceptors (Lipinski definition) is 2. The van der Waals surface area contributed by atoms with Crippen LogP contribution in [0, 0.1) is 17.8 Å². The summed E-state index contributed by atoms with van der Waals surface area (Å²) in [5.74, 6) is 3.29. The zero-order valence-corrected chi connectivity index (χ0v) is 12.8. The number of rotatable bonds is 5. The van der Waals surface area contributed by atoms with Crippen LogP contribution >= 0.6 is 11.3 Å². The van der Waals surface area contributed by atoms with Crippen molar-refractivity contribution in [2.45, 2.75) is 46.0 Å². The largest absolute Gasteiger partial charge is 0.316 e. The topological polar surface area (TPSA) is 12.0 Å². The van der Waals surface area contributed by atoms with Gasteiger partial charge in [-0.25, -0.2) is 0 Å². The van der Waals surface area contributed by atoms with Crippen LogP contribution in [0.1, 0.15) is 51.5 Å². The summed E-state index contributed by atoms with van der Waals surface area (Å²) in [7, 11) is 0. The van der Waals surface area contributed by atoms with Gasteiger partial charge >= 0.3 is 0 Å². The molecule has 1 N–H and O–H groups in total. The van der Waals surface area contributed by atoms with Gasteiger partial charge in [0.25, 0.3) is 0 Å². The highest BCUT2D eigenvalue weighted by Gasteiger charge is 2.29. The number of hydrogen-bond donors (Lipinski definition) is 1. The van der Waals surface area contributed by atoms with E-state index in [0.717, 1.165) is 30.2 Å². The highest BCUT2D eigenvalue weighted by molar-refractivity contribution is 7.07. The zero-order chi connectivity index (χ0) is 13.0. The molecule has 0 amide bonds. The van der Waals surface area contributed by atoms with Crippen LogP contribution in [-0.4, -0.2) is 13.1 Å². The monoisotopic (exact) mass is 265 g/mol. The molecule has 0 aromatic carbocycles. The third-order valence-corrected chi connectivity index (χ3v) is 4.89. The first-order chi connectivity index (χ1) is 8.66. The minimum Gasteiger partial charge on any atom is -0.316 e. The first-order valence-corrected chi connectivity index (χ1v) is 8.34. The van der Waals surface area contributed by atoms with Crippen molar-refractivity contribution in [2.24, 2.45) is 17.8 Å². The van der Waals surface area contributed by atoms with Crippen molar-refractivity contribution in [1.29, 1.82) is 0 Å². The van der Waals surface area contributed by atoms with E-state index < -0.39 is 0 Å². The summed E-state index contributed by atoms with van der Waals surface area (Å²) < 4.78 is 0. The second-order valence-corrected chi connectivity index (χ2v) is 7.17. The quantitative estimate of drug-likeness (QED) is 0.825. The Kier molecular flexibility index (Phi) is 5.25. The van der Waals surface area contributed by atoms with Gasteiger partial charge in [-0.15, -0.1) is 0 Å². The van der Waals surface area contributed by atoms with E-state index in [9.17, 15) is 0 Å². The minimum absolute atomic E-state index is 0.757. The molecule has 2 rings (SSSR count). The maximum Gasteiger partial charge on any atom is -0.00145 e. The van der Waals surface area contributed by atoms with E-state index in [-0.39, 0.29) is 0 Å². The smallest absolute Gasteiger partial charge is 0.00145 e. The van der Waals surface area contributed by atoms with Gasteiger partial charge in [-0.3, -0.25) is 0 Å². The lowest BCUT2D eigenvalue weighted by molar-refractivity contribution is 0.240. The Hall–Kier alpha value is -0.340. The van der Waals surface area contributed by atoms with Crippen molar-refractivity contribution in [3.8, 4) is 0 Å². The fourth-order valence-corrected chi connectivity index (χ4v) is 3.86. The lowest BCUT2D eigenvalue weighted by Crippen LogP contribution is -2.33. The first-order valence-electron chi connectivity index (χ1n) is 7.39. The molecule has 1 heterocycles. The van der Waals surface area contributed by atoms with Gasteiger partial charge in [-0.05, 0) is 72.0 Å². The van der Waals surface area contributed by atoms with Crippen LogP contribution in [0.15, 0.2) is 16.8 Å². The van der Waals surface area contributed by atoms with E-state index in [4.69, 9.17) is 0 Å². The highest BCUT2D eigenvalue weighted by Crippen LogP contribution is 2.40. The van der Waals surface area contributed by atoms with E-state index in [1.165, 1.54) is 25.8 Å². The van der Waals surface area contributed by atoms with Gasteiger partial charge in [0.05, 0.1) is 0 Å². The Balaban J connectivity index is 1.93. The van der Waals surface area contributed by atoms with Gasteiger partial charge in [0.15, 0.2) is 0 Å². The summed E-state index contributed by atoms with van der Waals surface area (Å²) in [4.78, 5) is 0. The zero-order valence-electron chi connectivity index (χ0n) is 12.0. The molecular formula is C16H27NS. The molecule has 0 aliphatic heterocycles. The molecule has 1 fully saturated rings. The van der Waals surface area contributed by atoms with E-state index in [0.29, 0.717) is 0 Å². The normalized spacial score (nSPS) is 28.8. The van der Waals surface area contributed by atoms with E-state index in [1.54, 1.807) is 5.56 Å². The summed E-state index contributed by atoms with van der Waals surface area (Å²) >= 11 is 1.84. The van der Waals surface area contributed by atoms with Crippen LogP contribution in [0.25, 0.3) is 0 Å².